The van der Waals surface area contributed by atoms with Crippen molar-refractivity contribution in [3.05, 3.63) is 72.6 Å². The molecule has 0 aliphatic carbocycles. The molecule has 1 fully saturated rings. The number of amides is 2. The number of likely N-dealkylation sites (tertiary alicyclic amines) is 1. The molecular weight excluding hydrogens is 655 g/mol. The van der Waals surface area contributed by atoms with Gasteiger partial charge in [-0.05, 0) is 53.4 Å². The fraction of sp³-hybridized carbons (Fsp3) is 0.436. The van der Waals surface area contributed by atoms with Crippen molar-refractivity contribution in [2.75, 3.05) is 24.1 Å². The molecule has 2 amide bonds. The molecule has 1 aliphatic rings. The minimum atomic E-state index is -0.497. The van der Waals surface area contributed by atoms with Crippen LogP contribution in [0.5, 0.6) is 0 Å². The summed E-state index contributed by atoms with van der Waals surface area (Å²) in [5, 5.41) is 7.50. The molecule has 5 N–H and O–H groups in total. The molecule has 1 aliphatic heterocycles. The number of hydrogen-bond donors (Lipinski definition) is 4. The highest BCUT2D eigenvalue weighted by molar-refractivity contribution is 5.85. The summed E-state index contributed by atoms with van der Waals surface area (Å²) in [5.41, 5.74) is 12.0. The summed E-state index contributed by atoms with van der Waals surface area (Å²) in [6.07, 6.45) is 6.87. The Balaban J connectivity index is 1.10. The van der Waals surface area contributed by atoms with Crippen molar-refractivity contribution in [3.8, 4) is 33.6 Å². The normalized spacial score (nSPS) is 15.1. The molecule has 0 radical (unpaired) electrons. The molecule has 5 aromatic rings. The van der Waals surface area contributed by atoms with E-state index in [1.807, 2.05) is 36.0 Å². The number of rotatable bonds is 14. The fourth-order valence-electron chi connectivity index (χ4n) is 6.75. The van der Waals surface area contributed by atoms with Gasteiger partial charge in [0.05, 0.1) is 36.4 Å². The van der Waals surface area contributed by atoms with Crippen LogP contribution in [-0.2, 0) is 23.2 Å². The average Bonchev–Trinajstić information content (AvgIpc) is 3.95. The number of carbonyl (C=O) groups excluding carboxylic acids is 2. The van der Waals surface area contributed by atoms with Gasteiger partial charge in [-0.1, -0.05) is 83.1 Å². The van der Waals surface area contributed by atoms with E-state index in [-0.39, 0.29) is 29.7 Å². The number of aromatic amines is 2. The summed E-state index contributed by atoms with van der Waals surface area (Å²) in [7, 11) is 1.72. The van der Waals surface area contributed by atoms with Gasteiger partial charge in [0.2, 0.25) is 23.7 Å². The summed E-state index contributed by atoms with van der Waals surface area (Å²) in [5.74, 6) is 2.70. The molecular formula is C39H51N11O2. The van der Waals surface area contributed by atoms with Gasteiger partial charge < -0.3 is 30.8 Å². The van der Waals surface area contributed by atoms with Gasteiger partial charge in [0, 0.05) is 26.6 Å². The number of benzene rings is 2. The number of aryl methyl sites for hydroxylation is 1. The number of H-pyrrole nitrogens is 2. The monoisotopic (exact) mass is 705 g/mol. The maximum atomic E-state index is 13.8. The zero-order chi connectivity index (χ0) is 36.9. The standard InChI is InChI=1S/C39H51N11O2/c1-7-18-49(34(51)20-24(2)3)23-33-41-21-30(43-33)28-14-10-26(11-15-28)27-12-16-29(17-13-27)31-22-42-36(44-31)32-9-8-19-50(32)37(52)35(25(4)5)45-39-46-38(40)48(6)47-39/h10-17,21-22,24-25,32,35H,7-9,18-20,23H2,1-6H3,(H,41,43)(H,42,44)(H3,40,45,46,47). The van der Waals surface area contributed by atoms with Crippen LogP contribution in [-0.4, -0.2) is 75.4 Å². The molecule has 2 atom stereocenters. The van der Waals surface area contributed by atoms with Gasteiger partial charge in [-0.25, -0.2) is 14.6 Å². The summed E-state index contributed by atoms with van der Waals surface area (Å²) in [6, 6.07) is 16.2. The predicted molar refractivity (Wildman–Crippen MR) is 204 cm³/mol. The van der Waals surface area contributed by atoms with E-state index in [4.69, 9.17) is 10.7 Å². The number of imidazole rings is 2. The highest BCUT2D eigenvalue weighted by atomic mass is 16.2. The Hall–Kier alpha value is -5.46. The Morgan fingerprint density at radius 3 is 2.13 bits per heavy atom. The largest absolute Gasteiger partial charge is 0.368 e. The summed E-state index contributed by atoms with van der Waals surface area (Å²) in [4.78, 5) is 50.9. The van der Waals surface area contributed by atoms with Gasteiger partial charge >= 0.3 is 0 Å². The van der Waals surface area contributed by atoms with E-state index in [0.29, 0.717) is 31.4 Å². The second-order valence-corrected chi connectivity index (χ2v) is 14.5. The number of nitrogens with one attached hydrogen (secondary N) is 3. The quantitative estimate of drug-likeness (QED) is 0.103. The summed E-state index contributed by atoms with van der Waals surface area (Å²) in [6.45, 7) is 12.1. The van der Waals surface area contributed by atoms with Gasteiger partial charge in [0.15, 0.2) is 0 Å². The summed E-state index contributed by atoms with van der Waals surface area (Å²) >= 11 is 0. The topological polar surface area (TPSA) is 167 Å². The van der Waals surface area contributed by atoms with E-state index in [2.05, 4.69) is 99.7 Å². The molecule has 6 rings (SSSR count). The van der Waals surface area contributed by atoms with E-state index < -0.39 is 6.04 Å². The van der Waals surface area contributed by atoms with Crippen molar-refractivity contribution in [1.82, 2.24) is 44.5 Å². The van der Waals surface area contributed by atoms with Gasteiger partial charge in [0.25, 0.3) is 0 Å². The Kier molecular flexibility index (Phi) is 11.1. The number of hydrogen-bond acceptors (Lipinski definition) is 8. The number of aromatic nitrogens is 7. The van der Waals surface area contributed by atoms with Crippen LogP contribution in [0.3, 0.4) is 0 Å². The molecule has 13 nitrogen and oxygen atoms in total. The first kappa shape index (κ1) is 36.3. The van der Waals surface area contributed by atoms with Crippen molar-refractivity contribution in [3.63, 3.8) is 0 Å². The number of nitrogens with two attached hydrogens (primary N) is 1. The third kappa shape index (κ3) is 8.19. The van der Waals surface area contributed by atoms with Crippen LogP contribution in [0.25, 0.3) is 33.6 Å². The molecule has 13 heteroatoms. The highest BCUT2D eigenvalue weighted by Gasteiger charge is 2.37. The van der Waals surface area contributed by atoms with Crippen LogP contribution in [0.1, 0.15) is 78.0 Å². The molecule has 0 bridgehead atoms. The Labute approximate surface area is 305 Å². The number of carbonyl (C=O) groups is 2. The van der Waals surface area contributed by atoms with E-state index >= 15 is 0 Å². The zero-order valence-electron chi connectivity index (χ0n) is 31.1. The first-order valence-corrected chi connectivity index (χ1v) is 18.3. The van der Waals surface area contributed by atoms with E-state index in [9.17, 15) is 9.59 Å². The second kappa shape index (κ2) is 15.8. The number of anilines is 2. The van der Waals surface area contributed by atoms with Crippen molar-refractivity contribution in [2.24, 2.45) is 18.9 Å². The number of nitrogen functional groups attached to an aromatic ring is 1. The second-order valence-electron chi connectivity index (χ2n) is 14.5. The average molecular weight is 706 g/mol. The minimum absolute atomic E-state index is 0.00276. The maximum absolute atomic E-state index is 13.8. The van der Waals surface area contributed by atoms with Crippen molar-refractivity contribution in [1.29, 1.82) is 0 Å². The minimum Gasteiger partial charge on any atom is -0.368 e. The lowest BCUT2D eigenvalue weighted by Crippen LogP contribution is -2.45. The molecule has 0 spiro atoms. The van der Waals surface area contributed by atoms with Gasteiger partial charge in [0.1, 0.15) is 17.7 Å². The molecule has 2 unspecified atom stereocenters. The van der Waals surface area contributed by atoms with E-state index in [1.165, 1.54) is 4.68 Å². The van der Waals surface area contributed by atoms with Gasteiger partial charge in [-0.2, -0.15) is 4.98 Å². The molecule has 4 heterocycles. The van der Waals surface area contributed by atoms with Crippen LogP contribution in [0.2, 0.25) is 0 Å². The van der Waals surface area contributed by atoms with Crippen LogP contribution in [0, 0.1) is 11.8 Å². The van der Waals surface area contributed by atoms with Crippen molar-refractivity contribution in [2.45, 2.75) is 78.9 Å². The van der Waals surface area contributed by atoms with Gasteiger partial charge in [-0.3, -0.25) is 9.59 Å². The van der Waals surface area contributed by atoms with Crippen LogP contribution >= 0.6 is 0 Å². The fourth-order valence-corrected chi connectivity index (χ4v) is 6.75. The molecule has 274 valence electrons. The third-order valence-electron chi connectivity index (χ3n) is 9.58. The molecule has 2 aromatic carbocycles. The van der Waals surface area contributed by atoms with Crippen LogP contribution in [0.15, 0.2) is 60.9 Å². The molecule has 0 saturated carbocycles. The van der Waals surface area contributed by atoms with Gasteiger partial charge in [-0.15, -0.1) is 5.10 Å². The predicted octanol–water partition coefficient (Wildman–Crippen LogP) is 6.43. The van der Waals surface area contributed by atoms with Crippen molar-refractivity contribution >= 4 is 23.7 Å². The Bertz CT molecular complexity index is 1940. The smallest absolute Gasteiger partial charge is 0.246 e. The molecule has 1 saturated heterocycles. The lowest BCUT2D eigenvalue weighted by molar-refractivity contribution is -0.134. The number of nitrogens with zero attached hydrogens (tertiary/aromatic N) is 7. The first-order chi connectivity index (χ1) is 25.0. The lowest BCUT2D eigenvalue weighted by Gasteiger charge is -2.30. The van der Waals surface area contributed by atoms with Crippen LogP contribution < -0.4 is 11.1 Å². The first-order valence-electron chi connectivity index (χ1n) is 18.3. The molecule has 52 heavy (non-hydrogen) atoms. The van der Waals surface area contributed by atoms with E-state index in [0.717, 1.165) is 71.1 Å². The Morgan fingerprint density at radius 1 is 0.942 bits per heavy atom. The van der Waals surface area contributed by atoms with Crippen LogP contribution in [0.4, 0.5) is 11.9 Å². The third-order valence-corrected chi connectivity index (χ3v) is 9.58. The molecule has 3 aromatic heterocycles. The highest BCUT2D eigenvalue weighted by Crippen LogP contribution is 2.34. The van der Waals surface area contributed by atoms with Crippen molar-refractivity contribution < 1.29 is 9.59 Å². The van der Waals surface area contributed by atoms with E-state index in [1.54, 1.807) is 7.05 Å². The lowest BCUT2D eigenvalue weighted by atomic mass is 10.0. The SMILES string of the molecule is CCCN(Cc1ncc(-c2ccc(-c3ccc(-c4cnc(C5CCCN5C(=O)C(Nc5nc(N)n(C)n5)C(C)C)[nH]4)cc3)cc2)[nH]1)C(=O)CC(C)C. The zero-order valence-corrected chi connectivity index (χ0v) is 31.1. The maximum Gasteiger partial charge on any atom is 0.246 e. The Morgan fingerprint density at radius 2 is 1.56 bits per heavy atom. The summed E-state index contributed by atoms with van der Waals surface area (Å²) < 4.78 is 1.48.